The second-order valence-electron chi connectivity index (χ2n) is 10.7. The number of phenolic OH excluding ortho intramolecular Hbond substituents is 1. The standard InChI is InChI=1S/C26H39NO5/c1-6-7-8-9-10-13-25(2,3)19-15-22(28)24-20-14-18(17-31-27(29)30)11-12-21(20)26(4,5)32-23(24)16-19/h11,15-16,20-21,28H,6-10,12-14,17H2,1-5H3/t20-,21-/m1/s1. The summed E-state index contributed by atoms with van der Waals surface area (Å²) in [6.45, 7) is 10.9. The normalized spacial score (nSPS) is 21.7. The second-order valence-corrected chi connectivity index (χ2v) is 10.7. The molecule has 32 heavy (non-hydrogen) atoms. The number of hydrogen-bond acceptors (Lipinski definition) is 5. The zero-order valence-corrected chi connectivity index (χ0v) is 20.3. The Balaban J connectivity index is 1.84. The molecule has 3 rings (SSSR count). The number of benzene rings is 1. The lowest BCUT2D eigenvalue weighted by Gasteiger charge is -2.47. The van der Waals surface area contributed by atoms with Crippen molar-refractivity contribution in [2.75, 3.05) is 6.61 Å². The molecular formula is C26H39NO5. The van der Waals surface area contributed by atoms with Crippen LogP contribution in [0.5, 0.6) is 11.5 Å². The maximum absolute atomic E-state index is 11.1. The number of ether oxygens (including phenoxy) is 1. The van der Waals surface area contributed by atoms with E-state index in [9.17, 15) is 15.2 Å². The number of aromatic hydroxyl groups is 1. The predicted molar refractivity (Wildman–Crippen MR) is 126 cm³/mol. The minimum absolute atomic E-state index is 0.0171. The van der Waals surface area contributed by atoms with Crippen molar-refractivity contribution < 1.29 is 19.8 Å². The van der Waals surface area contributed by atoms with Crippen LogP contribution in [0.2, 0.25) is 0 Å². The average Bonchev–Trinajstić information content (AvgIpc) is 2.71. The van der Waals surface area contributed by atoms with Crippen molar-refractivity contribution in [3.05, 3.63) is 45.0 Å². The van der Waals surface area contributed by atoms with Gasteiger partial charge in [0, 0.05) is 17.4 Å². The number of nitrogens with zero attached hydrogens (tertiary/aromatic N) is 1. The van der Waals surface area contributed by atoms with E-state index in [1.54, 1.807) is 0 Å². The van der Waals surface area contributed by atoms with Crippen LogP contribution in [0.15, 0.2) is 23.8 Å². The van der Waals surface area contributed by atoms with E-state index in [1.165, 1.54) is 32.1 Å². The van der Waals surface area contributed by atoms with Gasteiger partial charge in [-0.1, -0.05) is 59.0 Å². The molecule has 1 aromatic rings. The van der Waals surface area contributed by atoms with E-state index < -0.39 is 5.09 Å². The van der Waals surface area contributed by atoms with E-state index >= 15 is 0 Å². The average molecular weight is 446 g/mol. The van der Waals surface area contributed by atoms with Crippen molar-refractivity contribution in [1.29, 1.82) is 0 Å². The summed E-state index contributed by atoms with van der Waals surface area (Å²) in [6.07, 6.45) is 10.7. The molecule has 1 N–H and O–H groups in total. The Hall–Kier alpha value is -2.24. The number of phenols is 1. The molecule has 0 radical (unpaired) electrons. The molecule has 0 bridgehead atoms. The Bertz CT molecular complexity index is 858. The Labute approximate surface area is 192 Å². The molecule has 0 amide bonds. The summed E-state index contributed by atoms with van der Waals surface area (Å²) in [5.74, 6) is 1.27. The summed E-state index contributed by atoms with van der Waals surface area (Å²) in [5, 5.41) is 21.0. The van der Waals surface area contributed by atoms with E-state index in [4.69, 9.17) is 4.74 Å². The highest BCUT2D eigenvalue weighted by atomic mass is 16.9. The summed E-state index contributed by atoms with van der Waals surface area (Å²) in [5.41, 5.74) is 2.40. The van der Waals surface area contributed by atoms with Crippen molar-refractivity contribution in [3.8, 4) is 11.5 Å². The topological polar surface area (TPSA) is 81.8 Å². The van der Waals surface area contributed by atoms with Gasteiger partial charge in [-0.2, -0.15) is 0 Å². The molecule has 2 atom stereocenters. The Morgan fingerprint density at radius 3 is 2.66 bits per heavy atom. The lowest BCUT2D eigenvalue weighted by atomic mass is 9.66. The first-order chi connectivity index (χ1) is 15.0. The third-order valence-corrected chi connectivity index (χ3v) is 7.43. The van der Waals surface area contributed by atoms with E-state index in [2.05, 4.69) is 45.5 Å². The molecule has 1 aliphatic carbocycles. The molecular weight excluding hydrogens is 406 g/mol. The molecule has 0 saturated carbocycles. The minimum Gasteiger partial charge on any atom is -0.508 e. The van der Waals surface area contributed by atoms with Crippen LogP contribution in [0.4, 0.5) is 0 Å². The van der Waals surface area contributed by atoms with Gasteiger partial charge in [0.15, 0.2) is 0 Å². The van der Waals surface area contributed by atoms with Crippen LogP contribution in [0.1, 0.15) is 103 Å². The van der Waals surface area contributed by atoms with Crippen LogP contribution >= 0.6 is 0 Å². The minimum atomic E-state index is -0.747. The van der Waals surface area contributed by atoms with Crippen LogP contribution in [-0.4, -0.2) is 22.4 Å². The van der Waals surface area contributed by atoms with Gasteiger partial charge >= 0.3 is 0 Å². The number of allylic oxidation sites excluding steroid dienone is 1. The van der Waals surface area contributed by atoms with Gasteiger partial charge in [0.2, 0.25) is 0 Å². The molecule has 6 heteroatoms. The Morgan fingerprint density at radius 1 is 1.25 bits per heavy atom. The van der Waals surface area contributed by atoms with Gasteiger partial charge in [-0.05, 0) is 61.8 Å². The fourth-order valence-electron chi connectivity index (χ4n) is 5.42. The monoisotopic (exact) mass is 445 g/mol. The fraction of sp³-hybridized carbons (Fsp3) is 0.692. The van der Waals surface area contributed by atoms with Crippen molar-refractivity contribution >= 4 is 0 Å². The summed E-state index contributed by atoms with van der Waals surface area (Å²) in [6, 6.07) is 4.03. The summed E-state index contributed by atoms with van der Waals surface area (Å²) in [7, 11) is 0. The molecule has 1 aromatic carbocycles. The maximum atomic E-state index is 11.1. The molecule has 1 aliphatic heterocycles. The lowest BCUT2D eigenvalue weighted by molar-refractivity contribution is -0.755. The van der Waals surface area contributed by atoms with Gasteiger partial charge in [-0.25, -0.2) is 0 Å². The van der Waals surface area contributed by atoms with Crippen LogP contribution in [0.3, 0.4) is 0 Å². The zero-order chi connectivity index (χ0) is 23.5. The van der Waals surface area contributed by atoms with Crippen molar-refractivity contribution in [1.82, 2.24) is 0 Å². The van der Waals surface area contributed by atoms with Crippen LogP contribution in [0.25, 0.3) is 0 Å². The molecule has 0 spiro atoms. The smallest absolute Gasteiger partial charge is 0.294 e. The van der Waals surface area contributed by atoms with E-state index in [1.807, 2.05) is 12.1 Å². The summed E-state index contributed by atoms with van der Waals surface area (Å²) >= 11 is 0. The number of fused-ring (bicyclic) bond motifs is 3. The van der Waals surface area contributed by atoms with Gasteiger partial charge < -0.3 is 14.7 Å². The highest BCUT2D eigenvalue weighted by Gasteiger charge is 2.46. The van der Waals surface area contributed by atoms with Gasteiger partial charge in [0.05, 0.1) is 0 Å². The fourth-order valence-corrected chi connectivity index (χ4v) is 5.42. The maximum Gasteiger partial charge on any atom is 0.294 e. The van der Waals surface area contributed by atoms with E-state index in [-0.39, 0.29) is 35.2 Å². The Kier molecular flexibility index (Phi) is 7.41. The molecule has 178 valence electrons. The molecule has 0 aromatic heterocycles. The van der Waals surface area contributed by atoms with Crippen molar-refractivity contribution in [3.63, 3.8) is 0 Å². The van der Waals surface area contributed by atoms with Crippen molar-refractivity contribution in [2.45, 2.75) is 103 Å². The zero-order valence-electron chi connectivity index (χ0n) is 20.3. The predicted octanol–water partition coefficient (Wildman–Crippen LogP) is 6.83. The highest BCUT2D eigenvalue weighted by Crippen LogP contribution is 2.55. The first kappa shape index (κ1) is 24.4. The number of unbranched alkanes of at least 4 members (excludes halogenated alkanes) is 4. The highest BCUT2D eigenvalue weighted by molar-refractivity contribution is 5.54. The quantitative estimate of drug-likeness (QED) is 0.185. The molecule has 0 saturated heterocycles. The van der Waals surface area contributed by atoms with Gasteiger partial charge in [-0.15, -0.1) is 10.1 Å². The molecule has 0 unspecified atom stereocenters. The first-order valence-corrected chi connectivity index (χ1v) is 12.1. The number of hydrogen-bond donors (Lipinski definition) is 1. The van der Waals surface area contributed by atoms with Crippen LogP contribution < -0.4 is 4.74 Å². The molecule has 1 heterocycles. The largest absolute Gasteiger partial charge is 0.508 e. The van der Waals surface area contributed by atoms with Crippen LogP contribution in [0, 0.1) is 16.0 Å². The van der Waals surface area contributed by atoms with E-state index in [0.29, 0.717) is 6.42 Å². The number of rotatable bonds is 10. The Morgan fingerprint density at radius 2 is 1.97 bits per heavy atom. The molecule has 6 nitrogen and oxygen atoms in total. The van der Waals surface area contributed by atoms with Gasteiger partial charge in [0.1, 0.15) is 23.7 Å². The third kappa shape index (κ3) is 5.38. The first-order valence-electron chi connectivity index (χ1n) is 12.1. The van der Waals surface area contributed by atoms with Gasteiger partial charge in [0.25, 0.3) is 5.09 Å². The van der Waals surface area contributed by atoms with Crippen LogP contribution in [-0.2, 0) is 10.3 Å². The van der Waals surface area contributed by atoms with E-state index in [0.717, 1.165) is 35.3 Å². The SMILES string of the molecule is CCCCCCCC(C)(C)c1cc(O)c2c(c1)OC(C)(C)[C@@H]1CC=C(CO[N+](=O)[O-])C[C@@H]21. The lowest BCUT2D eigenvalue weighted by Crippen LogP contribution is -2.45. The summed E-state index contributed by atoms with van der Waals surface area (Å²) in [4.78, 5) is 15.3. The van der Waals surface area contributed by atoms with Gasteiger partial charge in [-0.3, -0.25) is 0 Å². The molecule has 2 aliphatic rings. The third-order valence-electron chi connectivity index (χ3n) is 7.43. The van der Waals surface area contributed by atoms with Crippen molar-refractivity contribution in [2.24, 2.45) is 5.92 Å². The second kappa shape index (κ2) is 9.72. The molecule has 0 fully saturated rings. The summed E-state index contributed by atoms with van der Waals surface area (Å²) < 4.78 is 6.47.